The third kappa shape index (κ3) is 6.00. The van der Waals surface area contributed by atoms with Crippen LogP contribution in [-0.2, 0) is 6.54 Å². The van der Waals surface area contributed by atoms with Gasteiger partial charge in [0.05, 0.1) is 17.8 Å². The van der Waals surface area contributed by atoms with Crippen LogP contribution in [-0.4, -0.2) is 36.4 Å². The summed E-state index contributed by atoms with van der Waals surface area (Å²) in [7, 11) is 0. The largest absolute Gasteiger partial charge is 0.406 e. The molecule has 1 saturated heterocycles. The normalized spacial score (nSPS) is 14.6. The van der Waals surface area contributed by atoms with E-state index in [1.54, 1.807) is 12.1 Å². The molecule has 0 radical (unpaired) electrons. The molecule has 5 N–H and O–H groups in total. The van der Waals surface area contributed by atoms with Crippen LogP contribution < -0.4 is 21.1 Å². The van der Waals surface area contributed by atoms with Crippen molar-refractivity contribution in [2.24, 2.45) is 5.14 Å². The molecule has 1 aromatic heterocycles. The first-order chi connectivity index (χ1) is 16.3. The summed E-state index contributed by atoms with van der Waals surface area (Å²) in [6.45, 7) is 3.07. The highest BCUT2D eigenvalue weighted by molar-refractivity contribution is 7.97. The van der Waals surface area contributed by atoms with Crippen molar-refractivity contribution in [3.63, 3.8) is 0 Å². The predicted octanol–water partition coefficient (Wildman–Crippen LogP) is 5.11. The molecule has 1 aliphatic heterocycles. The Hall–Kier alpha value is -2.80. The number of nitrogens with zero attached hydrogens (tertiary/aromatic N) is 1. The van der Waals surface area contributed by atoms with Gasteiger partial charge in [0.2, 0.25) is 0 Å². The number of halogens is 3. The molecule has 34 heavy (non-hydrogen) atoms. The maximum absolute atomic E-state index is 13.4. The Morgan fingerprint density at radius 3 is 2.56 bits per heavy atom. The molecule has 0 bridgehead atoms. The van der Waals surface area contributed by atoms with E-state index in [1.165, 1.54) is 16.5 Å². The van der Waals surface area contributed by atoms with Gasteiger partial charge in [0.25, 0.3) is 0 Å². The van der Waals surface area contributed by atoms with Gasteiger partial charge in [0.1, 0.15) is 6.54 Å². The summed E-state index contributed by atoms with van der Waals surface area (Å²) in [5.41, 5.74) is 3.65. The maximum Gasteiger partial charge on any atom is 0.406 e. The van der Waals surface area contributed by atoms with E-state index in [9.17, 15) is 13.2 Å². The Bertz CT molecular complexity index is 1190. The van der Waals surface area contributed by atoms with Crippen molar-refractivity contribution in [2.45, 2.75) is 43.4 Å². The first-order valence-corrected chi connectivity index (χ1v) is 12.1. The van der Waals surface area contributed by atoms with Crippen LogP contribution in [0.4, 0.5) is 24.5 Å². The molecule has 5 nitrogen and oxygen atoms in total. The Morgan fingerprint density at radius 1 is 1.15 bits per heavy atom. The number of hydrogen-bond donors (Lipinski definition) is 4. The molecular formula is C25H28F3N5S. The quantitative estimate of drug-likeness (QED) is 0.288. The van der Waals surface area contributed by atoms with Crippen LogP contribution in [0.5, 0.6) is 0 Å². The first-order valence-electron chi connectivity index (χ1n) is 11.2. The lowest BCUT2D eigenvalue weighted by molar-refractivity contribution is -0.140. The second-order valence-electron chi connectivity index (χ2n) is 8.39. The molecule has 0 aliphatic carbocycles. The number of alkyl halides is 3. The number of rotatable bonds is 6. The average Bonchev–Trinajstić information content (AvgIpc) is 3.15. The Balaban J connectivity index is 1.62. The van der Waals surface area contributed by atoms with E-state index in [-0.39, 0.29) is 0 Å². The fraction of sp³-hybridized carbons (Fsp3) is 0.360. The minimum atomic E-state index is -4.35. The van der Waals surface area contributed by atoms with Crippen LogP contribution in [0.25, 0.3) is 10.9 Å². The van der Waals surface area contributed by atoms with Gasteiger partial charge in [-0.15, -0.1) is 0 Å². The van der Waals surface area contributed by atoms with Crippen molar-refractivity contribution in [2.75, 3.05) is 30.3 Å². The Kier molecular flexibility index (Phi) is 7.61. The van der Waals surface area contributed by atoms with Gasteiger partial charge < -0.3 is 20.5 Å². The Labute approximate surface area is 201 Å². The average molecular weight is 488 g/mol. The monoisotopic (exact) mass is 487 g/mol. The van der Waals surface area contributed by atoms with E-state index in [2.05, 4.69) is 27.8 Å². The molecule has 4 rings (SSSR count). The summed E-state index contributed by atoms with van der Waals surface area (Å²) >= 11 is 1.17. The van der Waals surface area contributed by atoms with Crippen molar-refractivity contribution >= 4 is 34.2 Å². The molecule has 180 valence electrons. The molecule has 9 heteroatoms. The van der Waals surface area contributed by atoms with Gasteiger partial charge >= 0.3 is 6.18 Å². The van der Waals surface area contributed by atoms with Crippen LogP contribution >= 0.6 is 11.9 Å². The Morgan fingerprint density at radius 2 is 1.88 bits per heavy atom. The predicted molar refractivity (Wildman–Crippen MR) is 134 cm³/mol. The SMILES string of the molecule is Cc1ccc2c(cc(C#CCNc3ccc(SN)cc3)n2CC(F)(F)F)c1NC1CCNCC1. The van der Waals surface area contributed by atoms with Gasteiger partial charge in [0.15, 0.2) is 0 Å². The topological polar surface area (TPSA) is 67.0 Å². The summed E-state index contributed by atoms with van der Waals surface area (Å²) < 4.78 is 41.6. The number of piperidine rings is 1. The van der Waals surface area contributed by atoms with Crippen LogP contribution in [0.15, 0.2) is 47.4 Å². The number of fused-ring (bicyclic) bond motifs is 1. The summed E-state index contributed by atoms with van der Waals surface area (Å²) in [5.74, 6) is 5.93. The summed E-state index contributed by atoms with van der Waals surface area (Å²) in [4.78, 5) is 0.942. The van der Waals surface area contributed by atoms with Crippen LogP contribution in [0.3, 0.4) is 0 Å². The second-order valence-corrected chi connectivity index (χ2v) is 9.09. The summed E-state index contributed by atoms with van der Waals surface area (Å²) in [6.07, 6.45) is -2.40. The zero-order valence-corrected chi connectivity index (χ0v) is 19.7. The van der Waals surface area contributed by atoms with E-state index in [0.717, 1.165) is 53.2 Å². The zero-order valence-electron chi connectivity index (χ0n) is 18.9. The fourth-order valence-corrected chi connectivity index (χ4v) is 4.48. The fourth-order valence-electron chi connectivity index (χ4n) is 4.19. The maximum atomic E-state index is 13.4. The lowest BCUT2D eigenvalue weighted by Gasteiger charge is -2.26. The lowest BCUT2D eigenvalue weighted by Crippen LogP contribution is -2.35. The van der Waals surface area contributed by atoms with Gasteiger partial charge in [0, 0.05) is 27.7 Å². The number of benzene rings is 2. The number of nitrogens with one attached hydrogen (secondary N) is 3. The molecular weight excluding hydrogens is 459 g/mol. The van der Waals surface area contributed by atoms with Crippen molar-refractivity contribution in [3.05, 3.63) is 53.7 Å². The van der Waals surface area contributed by atoms with Crippen molar-refractivity contribution in [1.82, 2.24) is 9.88 Å². The van der Waals surface area contributed by atoms with Crippen LogP contribution in [0.2, 0.25) is 0 Å². The smallest absolute Gasteiger partial charge is 0.381 e. The third-order valence-corrected chi connectivity index (χ3v) is 6.45. The number of nitrogens with two attached hydrogens (primary N) is 1. The van der Waals surface area contributed by atoms with Gasteiger partial charge in [-0.05, 0) is 92.7 Å². The standard InChI is InChI=1S/C25H28F3N5S/c1-17-4-9-23-22(24(17)32-19-10-13-30-14-11-19)15-20(33(23)16-25(26,27)28)3-2-12-31-18-5-7-21(34-29)8-6-18/h4-9,15,19,30-32H,10-14,16,29H2,1H3. The minimum Gasteiger partial charge on any atom is -0.381 e. The van der Waals surface area contributed by atoms with Crippen molar-refractivity contribution in [1.29, 1.82) is 0 Å². The highest BCUT2D eigenvalue weighted by Gasteiger charge is 2.30. The number of anilines is 2. The summed E-state index contributed by atoms with van der Waals surface area (Å²) in [6, 6.07) is 13.3. The highest BCUT2D eigenvalue weighted by atomic mass is 32.2. The van der Waals surface area contributed by atoms with Crippen molar-refractivity contribution < 1.29 is 13.2 Å². The molecule has 0 saturated carbocycles. The number of aromatic nitrogens is 1. The lowest BCUT2D eigenvalue weighted by atomic mass is 10.0. The van der Waals surface area contributed by atoms with E-state index in [0.29, 0.717) is 23.8 Å². The molecule has 0 unspecified atom stereocenters. The number of aryl methyl sites for hydroxylation is 1. The van der Waals surface area contributed by atoms with E-state index in [1.807, 2.05) is 37.3 Å². The summed E-state index contributed by atoms with van der Waals surface area (Å²) in [5, 5.41) is 16.4. The molecule has 0 spiro atoms. The minimum absolute atomic E-state index is 0.291. The number of hydrogen-bond acceptors (Lipinski definition) is 5. The molecule has 3 aromatic rings. The van der Waals surface area contributed by atoms with Gasteiger partial charge in [-0.2, -0.15) is 13.2 Å². The van der Waals surface area contributed by atoms with Crippen LogP contribution in [0, 0.1) is 18.8 Å². The van der Waals surface area contributed by atoms with Gasteiger partial charge in [-0.1, -0.05) is 12.0 Å². The third-order valence-electron chi connectivity index (χ3n) is 5.91. The van der Waals surface area contributed by atoms with Crippen LogP contribution in [0.1, 0.15) is 24.1 Å². The van der Waals surface area contributed by atoms with E-state index < -0.39 is 12.7 Å². The molecule has 2 heterocycles. The van der Waals surface area contributed by atoms with Gasteiger partial charge in [-0.25, -0.2) is 0 Å². The molecule has 1 fully saturated rings. The molecule has 0 atom stereocenters. The first kappa shape index (κ1) is 24.3. The second kappa shape index (κ2) is 10.6. The molecule has 0 amide bonds. The zero-order chi connectivity index (χ0) is 24.1. The van der Waals surface area contributed by atoms with Gasteiger partial charge in [-0.3, -0.25) is 5.14 Å². The van der Waals surface area contributed by atoms with Crippen molar-refractivity contribution in [3.8, 4) is 11.8 Å². The molecule has 2 aromatic carbocycles. The molecule has 1 aliphatic rings. The van der Waals surface area contributed by atoms with E-state index in [4.69, 9.17) is 5.14 Å². The highest BCUT2D eigenvalue weighted by Crippen LogP contribution is 2.33. The van der Waals surface area contributed by atoms with E-state index >= 15 is 0 Å².